The number of unbranched alkanes of at least 4 members (excludes halogenated alkanes) is 1. The summed E-state index contributed by atoms with van der Waals surface area (Å²) in [5.74, 6) is -0.0795. The van der Waals surface area contributed by atoms with E-state index in [9.17, 15) is 4.79 Å². The zero-order chi connectivity index (χ0) is 16.4. The second kappa shape index (κ2) is 6.54. The first kappa shape index (κ1) is 15.7. The van der Waals surface area contributed by atoms with E-state index in [4.69, 9.17) is 0 Å². The Balaban J connectivity index is 2.04. The van der Waals surface area contributed by atoms with E-state index < -0.39 is 0 Å². The van der Waals surface area contributed by atoms with Gasteiger partial charge >= 0.3 is 0 Å². The number of rotatable bonds is 5. The number of benzene rings is 1. The monoisotopic (exact) mass is 327 g/mol. The Bertz CT molecular complexity index is 847. The van der Waals surface area contributed by atoms with Gasteiger partial charge < -0.3 is 4.57 Å². The van der Waals surface area contributed by atoms with Crippen LogP contribution in [0, 0.1) is 13.8 Å². The molecule has 0 saturated heterocycles. The number of anilines is 1. The number of amides is 1. The van der Waals surface area contributed by atoms with Crippen molar-refractivity contribution in [1.82, 2.24) is 9.55 Å². The van der Waals surface area contributed by atoms with Gasteiger partial charge in [0.25, 0.3) is 5.91 Å². The van der Waals surface area contributed by atoms with Crippen LogP contribution < -0.4 is 5.32 Å². The maximum absolute atomic E-state index is 12.8. The van der Waals surface area contributed by atoms with E-state index in [2.05, 4.69) is 33.9 Å². The molecule has 0 bridgehead atoms. The molecule has 0 radical (unpaired) electrons. The number of aryl methyl sites for hydroxylation is 3. The van der Waals surface area contributed by atoms with Gasteiger partial charge in [-0.25, -0.2) is 4.98 Å². The molecule has 0 saturated carbocycles. The predicted molar refractivity (Wildman–Crippen MR) is 96.4 cm³/mol. The molecule has 23 heavy (non-hydrogen) atoms. The number of carbonyl (C=O) groups is 1. The van der Waals surface area contributed by atoms with Crippen molar-refractivity contribution in [3.63, 3.8) is 0 Å². The van der Waals surface area contributed by atoms with Gasteiger partial charge in [0.05, 0.1) is 5.69 Å². The molecule has 1 amide bonds. The zero-order valence-corrected chi connectivity index (χ0v) is 14.5. The molecule has 0 aliphatic heterocycles. The standard InChI is InChI=1S/C18H21N3OS/c1-4-5-10-21-15-9-7-6-8-14(15)13(3)16(21)17(22)20-18-19-12(2)11-23-18/h6-9,11H,4-5,10H2,1-3H3,(H,19,20,22). The van der Waals surface area contributed by atoms with E-state index >= 15 is 0 Å². The number of nitrogens with one attached hydrogen (secondary N) is 1. The first-order valence-electron chi connectivity index (χ1n) is 7.93. The summed E-state index contributed by atoms with van der Waals surface area (Å²) in [5, 5.41) is 6.68. The van der Waals surface area contributed by atoms with Crippen LogP contribution in [-0.2, 0) is 6.54 Å². The molecule has 1 aromatic carbocycles. The molecule has 3 aromatic rings. The SMILES string of the molecule is CCCCn1c(C(=O)Nc2nc(C)cs2)c(C)c2ccccc21. The Morgan fingerprint density at radius 1 is 1.30 bits per heavy atom. The third-order valence-corrected chi connectivity index (χ3v) is 4.89. The fourth-order valence-corrected chi connectivity index (χ4v) is 3.57. The van der Waals surface area contributed by atoms with Crippen molar-refractivity contribution < 1.29 is 4.79 Å². The normalized spacial score (nSPS) is 11.1. The van der Waals surface area contributed by atoms with Gasteiger partial charge in [-0.3, -0.25) is 10.1 Å². The Morgan fingerprint density at radius 2 is 2.09 bits per heavy atom. The van der Waals surface area contributed by atoms with Crippen LogP contribution in [0.3, 0.4) is 0 Å². The summed E-state index contributed by atoms with van der Waals surface area (Å²) < 4.78 is 2.14. The van der Waals surface area contributed by atoms with E-state index in [1.165, 1.54) is 11.3 Å². The largest absolute Gasteiger partial charge is 0.336 e. The average Bonchev–Trinajstić information content (AvgIpc) is 3.07. The minimum Gasteiger partial charge on any atom is -0.336 e. The highest BCUT2D eigenvalue weighted by molar-refractivity contribution is 7.13. The lowest BCUT2D eigenvalue weighted by Crippen LogP contribution is -2.18. The van der Waals surface area contributed by atoms with Crippen molar-refractivity contribution >= 4 is 33.3 Å². The highest BCUT2D eigenvalue weighted by atomic mass is 32.1. The van der Waals surface area contributed by atoms with Crippen molar-refractivity contribution in [2.45, 2.75) is 40.2 Å². The van der Waals surface area contributed by atoms with Crippen molar-refractivity contribution in [3.8, 4) is 0 Å². The molecule has 1 N–H and O–H groups in total. The lowest BCUT2D eigenvalue weighted by molar-refractivity contribution is 0.101. The number of para-hydroxylation sites is 1. The van der Waals surface area contributed by atoms with E-state index in [-0.39, 0.29) is 5.91 Å². The molecule has 0 spiro atoms. The lowest BCUT2D eigenvalue weighted by atomic mass is 10.1. The molecule has 0 atom stereocenters. The number of hydrogen-bond donors (Lipinski definition) is 1. The van der Waals surface area contributed by atoms with Crippen LogP contribution in [0.4, 0.5) is 5.13 Å². The summed E-state index contributed by atoms with van der Waals surface area (Å²) in [6, 6.07) is 8.21. The zero-order valence-electron chi connectivity index (χ0n) is 13.7. The molecule has 0 fully saturated rings. The molecule has 4 nitrogen and oxygen atoms in total. The van der Waals surface area contributed by atoms with Gasteiger partial charge in [-0.15, -0.1) is 11.3 Å². The Morgan fingerprint density at radius 3 is 2.78 bits per heavy atom. The summed E-state index contributed by atoms with van der Waals surface area (Å²) in [5.41, 5.74) is 3.82. The van der Waals surface area contributed by atoms with Gasteiger partial charge in [-0.1, -0.05) is 31.5 Å². The third-order valence-electron chi connectivity index (χ3n) is 4.01. The van der Waals surface area contributed by atoms with E-state index in [0.29, 0.717) is 5.13 Å². The fraction of sp³-hybridized carbons (Fsp3) is 0.333. The van der Waals surface area contributed by atoms with Crippen LogP contribution >= 0.6 is 11.3 Å². The number of carbonyl (C=O) groups excluding carboxylic acids is 1. The number of nitrogens with zero attached hydrogens (tertiary/aromatic N) is 2. The topological polar surface area (TPSA) is 46.9 Å². The summed E-state index contributed by atoms with van der Waals surface area (Å²) in [7, 11) is 0. The summed E-state index contributed by atoms with van der Waals surface area (Å²) in [4.78, 5) is 17.2. The van der Waals surface area contributed by atoms with Crippen LogP contribution in [-0.4, -0.2) is 15.5 Å². The molecule has 0 aliphatic carbocycles. The maximum atomic E-state index is 12.8. The van der Waals surface area contributed by atoms with E-state index in [0.717, 1.165) is 47.2 Å². The molecule has 3 rings (SSSR count). The maximum Gasteiger partial charge on any atom is 0.274 e. The summed E-state index contributed by atoms with van der Waals surface area (Å²) in [6.07, 6.45) is 2.15. The third kappa shape index (κ3) is 3.01. The molecule has 120 valence electrons. The van der Waals surface area contributed by atoms with Crippen molar-refractivity contribution in [3.05, 3.63) is 46.6 Å². The molecule has 2 heterocycles. The van der Waals surface area contributed by atoms with Crippen LogP contribution in [0.15, 0.2) is 29.6 Å². The number of aromatic nitrogens is 2. The van der Waals surface area contributed by atoms with Gasteiger partial charge in [0, 0.05) is 22.8 Å². The first-order chi connectivity index (χ1) is 11.1. The minimum atomic E-state index is -0.0795. The van der Waals surface area contributed by atoms with Gasteiger partial charge in [0.1, 0.15) is 5.69 Å². The molecule has 2 aromatic heterocycles. The van der Waals surface area contributed by atoms with E-state index in [1.807, 2.05) is 31.4 Å². The van der Waals surface area contributed by atoms with Crippen molar-refractivity contribution in [2.75, 3.05) is 5.32 Å². The predicted octanol–water partition coefficient (Wildman–Crippen LogP) is 4.77. The smallest absolute Gasteiger partial charge is 0.274 e. The Kier molecular flexibility index (Phi) is 4.48. The number of hydrogen-bond acceptors (Lipinski definition) is 3. The van der Waals surface area contributed by atoms with Gasteiger partial charge in [-0.2, -0.15) is 0 Å². The highest BCUT2D eigenvalue weighted by Gasteiger charge is 2.20. The minimum absolute atomic E-state index is 0.0795. The Labute approximate surface area is 140 Å². The van der Waals surface area contributed by atoms with Crippen molar-refractivity contribution in [1.29, 1.82) is 0 Å². The highest BCUT2D eigenvalue weighted by Crippen LogP contribution is 2.27. The fourth-order valence-electron chi connectivity index (χ4n) is 2.89. The summed E-state index contributed by atoms with van der Waals surface area (Å²) in [6.45, 7) is 6.96. The van der Waals surface area contributed by atoms with E-state index in [1.54, 1.807) is 0 Å². The molecule has 0 aliphatic rings. The second-order valence-electron chi connectivity index (χ2n) is 5.74. The second-order valence-corrected chi connectivity index (χ2v) is 6.60. The number of fused-ring (bicyclic) bond motifs is 1. The lowest BCUT2D eigenvalue weighted by Gasteiger charge is -2.10. The average molecular weight is 327 g/mol. The van der Waals surface area contributed by atoms with Gasteiger partial charge in [0.2, 0.25) is 0 Å². The quantitative estimate of drug-likeness (QED) is 0.734. The van der Waals surface area contributed by atoms with Gasteiger partial charge in [0.15, 0.2) is 5.13 Å². The van der Waals surface area contributed by atoms with Crippen molar-refractivity contribution in [2.24, 2.45) is 0 Å². The van der Waals surface area contributed by atoms with Crippen LogP contribution in [0.25, 0.3) is 10.9 Å². The summed E-state index contributed by atoms with van der Waals surface area (Å²) >= 11 is 1.46. The Hall–Kier alpha value is -2.14. The van der Waals surface area contributed by atoms with Crippen LogP contribution in [0.1, 0.15) is 41.5 Å². The van der Waals surface area contributed by atoms with Gasteiger partial charge in [-0.05, 0) is 31.9 Å². The number of thiazole rings is 1. The first-order valence-corrected chi connectivity index (χ1v) is 8.81. The molecular formula is C18H21N3OS. The molecule has 5 heteroatoms. The molecule has 0 unspecified atom stereocenters. The van der Waals surface area contributed by atoms with Crippen LogP contribution in [0.2, 0.25) is 0 Å². The molecular weight excluding hydrogens is 306 g/mol. The van der Waals surface area contributed by atoms with Crippen LogP contribution in [0.5, 0.6) is 0 Å².